The Morgan fingerprint density at radius 2 is 2.00 bits per heavy atom. The Hall–Kier alpha value is -3.53. The molecule has 210 valence electrons. The van der Waals surface area contributed by atoms with E-state index >= 15 is 0 Å². The zero-order chi connectivity index (χ0) is 27.7. The van der Waals surface area contributed by atoms with Crippen LogP contribution in [0.25, 0.3) is 11.4 Å². The number of nitrogens with one attached hydrogen (secondary N) is 1. The maximum absolute atomic E-state index is 12.5. The summed E-state index contributed by atoms with van der Waals surface area (Å²) in [5.41, 5.74) is 2.25. The normalized spacial score (nSPS) is 20.6. The summed E-state index contributed by atoms with van der Waals surface area (Å²) >= 11 is 0. The quantitative estimate of drug-likeness (QED) is 0.413. The lowest BCUT2D eigenvalue weighted by Crippen LogP contribution is -2.40. The minimum Gasteiger partial charge on any atom is -0.396 e. The molecule has 2 aliphatic heterocycles. The maximum Gasteiger partial charge on any atom is 0.256 e. The summed E-state index contributed by atoms with van der Waals surface area (Å²) in [6.07, 6.45) is 11.3. The van der Waals surface area contributed by atoms with Crippen molar-refractivity contribution in [3.05, 3.63) is 42.5 Å². The van der Waals surface area contributed by atoms with E-state index < -0.39 is 10.0 Å². The van der Waals surface area contributed by atoms with Crippen LogP contribution in [0, 0.1) is 17.3 Å². The van der Waals surface area contributed by atoms with Crippen LogP contribution in [0.4, 0.5) is 17.3 Å². The van der Waals surface area contributed by atoms with E-state index in [4.69, 9.17) is 4.74 Å². The van der Waals surface area contributed by atoms with E-state index in [-0.39, 0.29) is 23.4 Å². The first-order valence-electron chi connectivity index (χ1n) is 13.7. The van der Waals surface area contributed by atoms with E-state index in [2.05, 4.69) is 49.0 Å². The van der Waals surface area contributed by atoms with Crippen LogP contribution in [-0.2, 0) is 14.8 Å². The fourth-order valence-electron chi connectivity index (χ4n) is 4.94. The van der Waals surface area contributed by atoms with E-state index in [0.29, 0.717) is 35.9 Å². The number of hydrogen-bond donors (Lipinski definition) is 2. The lowest BCUT2D eigenvalue weighted by atomic mass is 9.81. The molecule has 2 saturated heterocycles. The number of rotatable bonds is 7. The third-order valence-electron chi connectivity index (χ3n) is 7.81. The van der Waals surface area contributed by atoms with Gasteiger partial charge >= 0.3 is 0 Å². The van der Waals surface area contributed by atoms with Crippen molar-refractivity contribution < 1.29 is 18.3 Å². The number of piperidine rings is 1. The highest BCUT2D eigenvalue weighted by molar-refractivity contribution is 7.90. The van der Waals surface area contributed by atoms with Crippen LogP contribution in [0.5, 0.6) is 0 Å². The van der Waals surface area contributed by atoms with Gasteiger partial charge in [-0.25, -0.2) is 23.4 Å². The van der Waals surface area contributed by atoms with E-state index in [1.54, 1.807) is 18.5 Å². The summed E-state index contributed by atoms with van der Waals surface area (Å²) < 4.78 is 31.7. The molecule has 40 heavy (non-hydrogen) atoms. The fraction of sp³-hybridized carbons (Fsp3) is 0.500. The van der Waals surface area contributed by atoms with Crippen molar-refractivity contribution >= 4 is 27.3 Å². The molecule has 2 N–H and O–H groups in total. The van der Waals surface area contributed by atoms with Gasteiger partial charge in [-0.2, -0.15) is 9.19 Å². The van der Waals surface area contributed by atoms with Crippen molar-refractivity contribution in [2.45, 2.75) is 56.8 Å². The van der Waals surface area contributed by atoms with Gasteiger partial charge in [0.15, 0.2) is 5.82 Å². The molecule has 11 nitrogen and oxygen atoms in total. The molecule has 1 atom stereocenters. The van der Waals surface area contributed by atoms with Gasteiger partial charge in [0.1, 0.15) is 17.7 Å². The molecule has 1 unspecified atom stereocenters. The molecule has 5 heterocycles. The Labute approximate surface area is 234 Å². The topological polar surface area (TPSA) is 135 Å². The van der Waals surface area contributed by atoms with Gasteiger partial charge in [0.25, 0.3) is 10.0 Å². The monoisotopic (exact) mass is 563 g/mol. The average Bonchev–Trinajstić information content (AvgIpc) is 3.48. The van der Waals surface area contributed by atoms with Crippen LogP contribution in [-0.4, -0.2) is 75.3 Å². The number of pyridine rings is 1. The Balaban J connectivity index is 1.25. The van der Waals surface area contributed by atoms with Gasteiger partial charge in [-0.1, -0.05) is 18.8 Å². The predicted octanol–water partition coefficient (Wildman–Crippen LogP) is 2.95. The number of aliphatic hydroxyl groups excluding tert-OH is 1. The van der Waals surface area contributed by atoms with E-state index in [9.17, 15) is 13.5 Å². The largest absolute Gasteiger partial charge is 0.396 e. The summed E-state index contributed by atoms with van der Waals surface area (Å²) in [7, 11) is -3.46. The zero-order valence-corrected chi connectivity index (χ0v) is 23.3. The smallest absolute Gasteiger partial charge is 0.256 e. The molecule has 6 rings (SSSR count). The molecule has 3 aromatic rings. The molecule has 12 heteroatoms. The molecule has 3 aromatic heterocycles. The van der Waals surface area contributed by atoms with Crippen LogP contribution >= 0.6 is 0 Å². The van der Waals surface area contributed by atoms with Gasteiger partial charge in [0.05, 0.1) is 34.5 Å². The highest BCUT2D eigenvalue weighted by Crippen LogP contribution is 2.35. The first-order chi connectivity index (χ1) is 19.3. The second-order valence-electron chi connectivity index (χ2n) is 11.0. The molecule has 0 amide bonds. The minimum atomic E-state index is -3.46. The number of aliphatic hydroxyl groups is 1. The van der Waals surface area contributed by atoms with Crippen LogP contribution in [0.15, 0.2) is 36.9 Å². The molecular formula is C28H33N7O4S. The van der Waals surface area contributed by atoms with E-state index in [0.717, 1.165) is 60.7 Å². The number of nitrogens with zero attached hydrogens (tertiary/aromatic N) is 6. The summed E-state index contributed by atoms with van der Waals surface area (Å²) in [6, 6.07) is 3.71. The third kappa shape index (κ3) is 5.68. The fourth-order valence-corrected chi connectivity index (χ4v) is 6.42. The molecule has 1 aliphatic carbocycles. The highest BCUT2D eigenvalue weighted by atomic mass is 32.2. The minimum absolute atomic E-state index is 0.0484. The molecule has 1 saturated carbocycles. The molecule has 0 radical (unpaired) electrons. The third-order valence-corrected chi connectivity index (χ3v) is 9.84. The van der Waals surface area contributed by atoms with Gasteiger partial charge in [-0.05, 0) is 50.0 Å². The summed E-state index contributed by atoms with van der Waals surface area (Å²) in [6.45, 7) is 4.66. The Morgan fingerprint density at radius 1 is 1.18 bits per heavy atom. The van der Waals surface area contributed by atoms with Crippen LogP contribution in [0.2, 0.25) is 0 Å². The maximum atomic E-state index is 12.5. The Bertz CT molecular complexity index is 1540. The summed E-state index contributed by atoms with van der Waals surface area (Å²) in [4.78, 5) is 15.8. The highest BCUT2D eigenvalue weighted by Gasteiger charge is 2.37. The van der Waals surface area contributed by atoms with Gasteiger partial charge in [0, 0.05) is 44.8 Å². The lowest BCUT2D eigenvalue weighted by molar-refractivity contribution is 0.115. The Kier molecular flexibility index (Phi) is 7.20. The number of hydrogen-bond acceptors (Lipinski definition) is 10. The van der Waals surface area contributed by atoms with E-state index in [1.165, 1.54) is 12.4 Å². The lowest BCUT2D eigenvalue weighted by Gasteiger charge is -2.39. The predicted molar refractivity (Wildman–Crippen MR) is 151 cm³/mol. The molecular weight excluding hydrogens is 530 g/mol. The standard InChI is InChI=1S/C28H33N7O4S/c1-28(19-36)9-12-34(13-10-28)24-15-26(30-16-20(24)4-5-22-3-2-14-39-22)32-25-8-11-29-27(33-25)21-17-31-35(18-21)40(37,38)23-6-7-23/h8,11,15-18,22-23,36H,2-3,6-7,9-10,12-14,19H2,1H3,(H,29,30,32,33). The second-order valence-corrected chi connectivity index (χ2v) is 13.1. The second kappa shape index (κ2) is 10.8. The molecule has 0 aromatic carbocycles. The molecule has 3 fully saturated rings. The van der Waals surface area contributed by atoms with Crippen molar-refractivity contribution in [1.29, 1.82) is 0 Å². The average molecular weight is 564 g/mol. The van der Waals surface area contributed by atoms with Crippen molar-refractivity contribution in [3.63, 3.8) is 0 Å². The van der Waals surface area contributed by atoms with Crippen molar-refractivity contribution in [2.24, 2.45) is 5.41 Å². The molecule has 0 spiro atoms. The number of ether oxygens (including phenoxy) is 1. The van der Waals surface area contributed by atoms with Gasteiger partial charge in [0.2, 0.25) is 0 Å². The first-order valence-corrected chi connectivity index (χ1v) is 15.2. The van der Waals surface area contributed by atoms with Gasteiger partial charge in [-0.15, -0.1) is 0 Å². The van der Waals surface area contributed by atoms with Crippen LogP contribution < -0.4 is 10.2 Å². The van der Waals surface area contributed by atoms with Gasteiger partial charge < -0.3 is 20.1 Å². The Morgan fingerprint density at radius 3 is 2.73 bits per heavy atom. The van der Waals surface area contributed by atoms with Crippen molar-refractivity contribution in [1.82, 2.24) is 24.1 Å². The van der Waals surface area contributed by atoms with Crippen molar-refractivity contribution in [3.8, 4) is 23.2 Å². The molecule has 3 aliphatic rings. The van der Waals surface area contributed by atoms with Gasteiger partial charge in [-0.3, -0.25) is 0 Å². The molecule has 0 bridgehead atoms. The van der Waals surface area contributed by atoms with Crippen LogP contribution in [0.1, 0.15) is 51.0 Å². The van der Waals surface area contributed by atoms with Crippen LogP contribution in [0.3, 0.4) is 0 Å². The SMILES string of the molecule is CC1(CO)CCN(c2cc(Nc3ccnc(-c4cnn(S(=O)(=O)C5CC5)c4)n3)ncc2C#CC2CCCO2)CC1. The number of anilines is 3. The first kappa shape index (κ1) is 26.7. The summed E-state index contributed by atoms with van der Waals surface area (Å²) in [5, 5.41) is 16.8. The summed E-state index contributed by atoms with van der Waals surface area (Å²) in [5.74, 6) is 8.03. The zero-order valence-electron chi connectivity index (χ0n) is 22.5. The van der Waals surface area contributed by atoms with Crippen molar-refractivity contribution in [2.75, 3.05) is 36.5 Å². The number of aromatic nitrogens is 5. The van der Waals surface area contributed by atoms with E-state index in [1.807, 2.05) is 6.07 Å².